The maximum Gasteiger partial charge on any atom is 0.258 e. The summed E-state index contributed by atoms with van der Waals surface area (Å²) >= 11 is 0. The minimum absolute atomic E-state index is 0.0348. The van der Waals surface area contributed by atoms with Crippen LogP contribution in [0.4, 0.5) is 0 Å². The molecule has 1 saturated heterocycles. The number of amides is 1. The predicted molar refractivity (Wildman–Crippen MR) is 104 cm³/mol. The molecule has 1 fully saturated rings. The summed E-state index contributed by atoms with van der Waals surface area (Å²) in [5, 5.41) is 3.12. The topological polar surface area (TPSA) is 41.6 Å². The Kier molecular flexibility index (Phi) is 6.29. The number of piperidine rings is 1. The fourth-order valence-corrected chi connectivity index (χ4v) is 3.35. The van der Waals surface area contributed by atoms with Crippen molar-refractivity contribution in [3.05, 3.63) is 65.2 Å². The summed E-state index contributed by atoms with van der Waals surface area (Å²) in [6, 6.07) is 16.8. The monoisotopic (exact) mass is 352 g/mol. The third-order valence-corrected chi connectivity index (χ3v) is 4.90. The lowest BCUT2D eigenvalue weighted by atomic mass is 10.0. The average molecular weight is 352 g/mol. The van der Waals surface area contributed by atoms with E-state index in [-0.39, 0.29) is 18.6 Å². The molecule has 2 aromatic carbocycles. The van der Waals surface area contributed by atoms with Crippen LogP contribution in [-0.4, -0.2) is 36.5 Å². The van der Waals surface area contributed by atoms with Crippen LogP contribution in [0.3, 0.4) is 0 Å². The number of carbonyl (C=O) groups is 1. The van der Waals surface area contributed by atoms with Crippen molar-refractivity contribution >= 4 is 5.91 Å². The second-order valence-electron chi connectivity index (χ2n) is 7.16. The van der Waals surface area contributed by atoms with Crippen molar-refractivity contribution in [2.75, 3.05) is 19.7 Å². The van der Waals surface area contributed by atoms with E-state index in [4.69, 9.17) is 4.74 Å². The maximum absolute atomic E-state index is 12.2. The number of hydrogen-bond acceptors (Lipinski definition) is 3. The summed E-state index contributed by atoms with van der Waals surface area (Å²) in [6.45, 7) is 7.10. The summed E-state index contributed by atoms with van der Waals surface area (Å²) in [5.74, 6) is 0.755. The van der Waals surface area contributed by atoms with Crippen molar-refractivity contribution in [3.8, 4) is 5.75 Å². The second kappa shape index (κ2) is 8.86. The lowest BCUT2D eigenvalue weighted by molar-refractivity contribution is -0.124. The third kappa shape index (κ3) is 5.33. The molecule has 138 valence electrons. The van der Waals surface area contributed by atoms with Gasteiger partial charge in [-0.15, -0.1) is 0 Å². The van der Waals surface area contributed by atoms with Crippen LogP contribution < -0.4 is 10.1 Å². The Morgan fingerprint density at radius 2 is 1.85 bits per heavy atom. The van der Waals surface area contributed by atoms with Gasteiger partial charge in [0.15, 0.2) is 6.61 Å². The molecule has 1 aliphatic rings. The van der Waals surface area contributed by atoms with Gasteiger partial charge in [0, 0.05) is 25.7 Å². The molecule has 0 bridgehead atoms. The van der Waals surface area contributed by atoms with E-state index in [1.165, 1.54) is 5.56 Å². The van der Waals surface area contributed by atoms with Gasteiger partial charge in [-0.05, 0) is 49.4 Å². The molecule has 2 aromatic rings. The number of carbonyl (C=O) groups excluding carboxylic acids is 1. The molecular weight excluding hydrogens is 324 g/mol. The van der Waals surface area contributed by atoms with Crippen LogP contribution in [0.5, 0.6) is 5.75 Å². The highest BCUT2D eigenvalue weighted by molar-refractivity contribution is 5.77. The van der Waals surface area contributed by atoms with Gasteiger partial charge in [0.1, 0.15) is 5.75 Å². The lowest BCUT2D eigenvalue weighted by Crippen LogP contribution is -2.45. The number of ether oxygens (including phenoxy) is 1. The van der Waals surface area contributed by atoms with Gasteiger partial charge in [-0.25, -0.2) is 0 Å². The average Bonchev–Trinajstić information content (AvgIpc) is 2.65. The highest BCUT2D eigenvalue weighted by atomic mass is 16.5. The molecule has 1 N–H and O–H groups in total. The SMILES string of the molecule is Cc1ccc(C)c(OCC(=O)NC2CCN(Cc3ccccc3)CC2)c1. The zero-order chi connectivity index (χ0) is 18.4. The van der Waals surface area contributed by atoms with Gasteiger partial charge in [-0.2, -0.15) is 0 Å². The minimum atomic E-state index is -0.0348. The van der Waals surface area contributed by atoms with Crippen LogP contribution in [0.1, 0.15) is 29.5 Å². The summed E-state index contributed by atoms with van der Waals surface area (Å²) in [6.07, 6.45) is 1.98. The summed E-state index contributed by atoms with van der Waals surface area (Å²) in [4.78, 5) is 14.7. The number of benzene rings is 2. The molecule has 0 saturated carbocycles. The quantitative estimate of drug-likeness (QED) is 0.866. The number of nitrogens with zero attached hydrogens (tertiary/aromatic N) is 1. The zero-order valence-corrected chi connectivity index (χ0v) is 15.7. The summed E-state index contributed by atoms with van der Waals surface area (Å²) in [7, 11) is 0. The number of rotatable bonds is 6. The first-order chi connectivity index (χ1) is 12.6. The summed E-state index contributed by atoms with van der Waals surface area (Å²) in [5.41, 5.74) is 3.53. The van der Waals surface area contributed by atoms with Crippen LogP contribution in [0.2, 0.25) is 0 Å². The smallest absolute Gasteiger partial charge is 0.258 e. The Hall–Kier alpha value is -2.33. The molecule has 0 spiro atoms. The molecule has 26 heavy (non-hydrogen) atoms. The third-order valence-electron chi connectivity index (χ3n) is 4.90. The van der Waals surface area contributed by atoms with Gasteiger partial charge in [0.25, 0.3) is 5.91 Å². The summed E-state index contributed by atoms with van der Waals surface area (Å²) < 4.78 is 5.70. The highest BCUT2D eigenvalue weighted by Gasteiger charge is 2.20. The van der Waals surface area contributed by atoms with E-state index in [9.17, 15) is 4.79 Å². The molecule has 0 atom stereocenters. The van der Waals surface area contributed by atoms with Gasteiger partial charge in [0.2, 0.25) is 0 Å². The van der Waals surface area contributed by atoms with Crippen LogP contribution in [-0.2, 0) is 11.3 Å². The molecule has 4 nitrogen and oxygen atoms in total. The minimum Gasteiger partial charge on any atom is -0.483 e. The first-order valence-electron chi connectivity index (χ1n) is 9.36. The number of likely N-dealkylation sites (tertiary alicyclic amines) is 1. The number of hydrogen-bond donors (Lipinski definition) is 1. The Morgan fingerprint density at radius 3 is 2.58 bits per heavy atom. The van der Waals surface area contributed by atoms with Gasteiger partial charge in [-0.1, -0.05) is 42.5 Å². The van der Waals surface area contributed by atoms with E-state index in [0.717, 1.165) is 49.4 Å². The van der Waals surface area contributed by atoms with E-state index < -0.39 is 0 Å². The van der Waals surface area contributed by atoms with Gasteiger partial charge in [-0.3, -0.25) is 9.69 Å². The molecule has 0 radical (unpaired) electrons. The van der Waals surface area contributed by atoms with E-state index >= 15 is 0 Å². The second-order valence-corrected chi connectivity index (χ2v) is 7.16. The van der Waals surface area contributed by atoms with Crippen molar-refractivity contribution in [2.24, 2.45) is 0 Å². The lowest BCUT2D eigenvalue weighted by Gasteiger charge is -2.32. The molecule has 0 aliphatic carbocycles. The molecule has 3 rings (SSSR count). The molecule has 1 amide bonds. The molecule has 1 heterocycles. The molecule has 1 aliphatic heterocycles. The number of aryl methyl sites for hydroxylation is 2. The van der Waals surface area contributed by atoms with Gasteiger partial charge < -0.3 is 10.1 Å². The molecular formula is C22H28N2O2. The standard InChI is InChI=1S/C22H28N2O2/c1-17-8-9-18(2)21(14-17)26-16-22(25)23-20-10-12-24(13-11-20)15-19-6-4-3-5-7-19/h3-9,14,20H,10-13,15-16H2,1-2H3,(H,23,25). The van der Waals surface area contributed by atoms with Crippen LogP contribution >= 0.6 is 0 Å². The van der Waals surface area contributed by atoms with Crippen molar-refractivity contribution in [2.45, 2.75) is 39.3 Å². The van der Waals surface area contributed by atoms with Crippen LogP contribution in [0, 0.1) is 13.8 Å². The van der Waals surface area contributed by atoms with E-state index in [2.05, 4.69) is 34.5 Å². The molecule has 0 unspecified atom stereocenters. The fraction of sp³-hybridized carbons (Fsp3) is 0.409. The predicted octanol–water partition coefficient (Wildman–Crippen LogP) is 3.46. The van der Waals surface area contributed by atoms with Crippen LogP contribution in [0.15, 0.2) is 48.5 Å². The van der Waals surface area contributed by atoms with Crippen molar-refractivity contribution < 1.29 is 9.53 Å². The zero-order valence-electron chi connectivity index (χ0n) is 15.7. The largest absolute Gasteiger partial charge is 0.483 e. The fourth-order valence-electron chi connectivity index (χ4n) is 3.35. The van der Waals surface area contributed by atoms with E-state index in [1.54, 1.807) is 0 Å². The first-order valence-corrected chi connectivity index (χ1v) is 9.36. The van der Waals surface area contributed by atoms with Crippen molar-refractivity contribution in [1.82, 2.24) is 10.2 Å². The maximum atomic E-state index is 12.2. The van der Waals surface area contributed by atoms with E-state index in [0.29, 0.717) is 0 Å². The Balaban J connectivity index is 1.40. The van der Waals surface area contributed by atoms with Crippen molar-refractivity contribution in [1.29, 1.82) is 0 Å². The highest BCUT2D eigenvalue weighted by Crippen LogP contribution is 2.19. The van der Waals surface area contributed by atoms with Gasteiger partial charge in [0.05, 0.1) is 0 Å². The Labute approximate surface area is 156 Å². The van der Waals surface area contributed by atoms with Gasteiger partial charge >= 0.3 is 0 Å². The Morgan fingerprint density at radius 1 is 1.12 bits per heavy atom. The molecule has 4 heteroatoms. The number of nitrogens with one attached hydrogen (secondary N) is 1. The van der Waals surface area contributed by atoms with Crippen LogP contribution in [0.25, 0.3) is 0 Å². The first kappa shape index (κ1) is 18.5. The van der Waals surface area contributed by atoms with E-state index in [1.807, 2.05) is 38.1 Å². The normalized spacial score (nSPS) is 15.6. The van der Waals surface area contributed by atoms with Crippen molar-refractivity contribution in [3.63, 3.8) is 0 Å². The Bertz CT molecular complexity index is 722. The molecule has 0 aromatic heterocycles.